The van der Waals surface area contributed by atoms with E-state index in [1.807, 2.05) is 0 Å². The molecule has 4 bridgehead atoms. The van der Waals surface area contributed by atoms with Crippen LogP contribution in [-0.2, 0) is 14.3 Å². The lowest BCUT2D eigenvalue weighted by atomic mass is 9.49. The van der Waals surface area contributed by atoms with Gasteiger partial charge in [0, 0.05) is 26.6 Å². The summed E-state index contributed by atoms with van der Waals surface area (Å²) in [6.45, 7) is 1.04. The number of carbonyl (C=O) groups is 2. The highest BCUT2D eigenvalue weighted by Crippen LogP contribution is 2.61. The van der Waals surface area contributed by atoms with Gasteiger partial charge in [-0.3, -0.25) is 9.59 Å². The summed E-state index contributed by atoms with van der Waals surface area (Å²) < 4.78 is 4.74. The molecule has 0 atom stereocenters. The van der Waals surface area contributed by atoms with Gasteiger partial charge in [-0.1, -0.05) is 0 Å². The number of carbonyl (C=O) groups excluding carboxylic acids is 2. The summed E-state index contributed by atoms with van der Waals surface area (Å²) in [6, 6.07) is 0. The Balaban J connectivity index is 1.40. The number of ether oxygens (including phenoxy) is 1. The van der Waals surface area contributed by atoms with Crippen molar-refractivity contribution < 1.29 is 14.3 Å². The number of amides is 2. The molecular weight excluding hydrogens is 280 g/mol. The minimum atomic E-state index is -0.141. The van der Waals surface area contributed by atoms with Crippen molar-refractivity contribution in [3.8, 4) is 0 Å². The Hall–Kier alpha value is -1.10. The maximum Gasteiger partial charge on any atom is 0.246 e. The van der Waals surface area contributed by atoms with Crippen LogP contribution in [0.3, 0.4) is 0 Å². The largest absolute Gasteiger partial charge is 0.375 e. The molecule has 4 fully saturated rings. The summed E-state index contributed by atoms with van der Waals surface area (Å²) in [6.07, 6.45) is 8.69. The van der Waals surface area contributed by atoms with E-state index in [4.69, 9.17) is 4.74 Å². The number of hydrogen-bond acceptors (Lipinski definition) is 3. The number of methoxy groups -OCH3 is 1. The summed E-state index contributed by atoms with van der Waals surface area (Å²) in [4.78, 5) is 23.5. The van der Waals surface area contributed by atoms with Crippen molar-refractivity contribution in [2.75, 3.05) is 26.8 Å². The molecule has 124 valence electrons. The number of rotatable bonds is 7. The van der Waals surface area contributed by atoms with Crippen molar-refractivity contribution in [2.24, 2.45) is 23.2 Å². The fourth-order valence-corrected chi connectivity index (χ4v) is 5.50. The van der Waals surface area contributed by atoms with E-state index in [0.29, 0.717) is 19.5 Å². The monoisotopic (exact) mass is 308 g/mol. The molecule has 0 saturated heterocycles. The van der Waals surface area contributed by atoms with E-state index in [1.54, 1.807) is 0 Å². The second-order valence-corrected chi connectivity index (χ2v) is 7.73. The Kier molecular flexibility index (Phi) is 4.71. The Morgan fingerprint density at radius 2 is 1.45 bits per heavy atom. The molecule has 0 aromatic rings. The lowest BCUT2D eigenvalue weighted by Crippen LogP contribution is -2.48. The van der Waals surface area contributed by atoms with Crippen LogP contribution in [0, 0.1) is 23.2 Å². The predicted molar refractivity (Wildman–Crippen MR) is 83.1 cm³/mol. The fourth-order valence-electron chi connectivity index (χ4n) is 5.50. The van der Waals surface area contributed by atoms with Crippen LogP contribution >= 0.6 is 0 Å². The molecule has 0 aromatic heterocycles. The first-order valence-corrected chi connectivity index (χ1v) is 8.61. The SMILES string of the molecule is COCC(=O)NCCNC(=O)CC12CC3CC(CC(C3)C1)C2. The first kappa shape index (κ1) is 15.8. The van der Waals surface area contributed by atoms with Crippen LogP contribution in [0.25, 0.3) is 0 Å². The average molecular weight is 308 g/mol. The maximum absolute atomic E-state index is 12.2. The number of hydrogen-bond donors (Lipinski definition) is 2. The third kappa shape index (κ3) is 3.62. The summed E-state index contributed by atoms with van der Waals surface area (Å²) in [5.74, 6) is 2.66. The Morgan fingerprint density at radius 3 is 1.95 bits per heavy atom. The van der Waals surface area contributed by atoms with Crippen LogP contribution in [0.5, 0.6) is 0 Å². The van der Waals surface area contributed by atoms with E-state index in [-0.39, 0.29) is 23.8 Å². The van der Waals surface area contributed by atoms with Crippen molar-refractivity contribution >= 4 is 11.8 Å². The van der Waals surface area contributed by atoms with Crippen molar-refractivity contribution in [1.29, 1.82) is 0 Å². The van der Waals surface area contributed by atoms with Gasteiger partial charge in [-0.05, 0) is 61.7 Å². The predicted octanol–water partition coefficient (Wildman–Crippen LogP) is 1.47. The second kappa shape index (κ2) is 6.57. The minimum absolute atomic E-state index is 0.0707. The molecule has 5 heteroatoms. The van der Waals surface area contributed by atoms with Crippen molar-refractivity contribution in [3.05, 3.63) is 0 Å². The van der Waals surface area contributed by atoms with Gasteiger partial charge in [0.1, 0.15) is 6.61 Å². The Bertz CT molecular complexity index is 400. The minimum Gasteiger partial charge on any atom is -0.375 e. The molecule has 0 radical (unpaired) electrons. The summed E-state index contributed by atoms with van der Waals surface area (Å²) in [5, 5.41) is 5.68. The Labute approximate surface area is 132 Å². The van der Waals surface area contributed by atoms with Crippen LogP contribution < -0.4 is 10.6 Å². The zero-order valence-corrected chi connectivity index (χ0v) is 13.5. The van der Waals surface area contributed by atoms with E-state index in [0.717, 1.165) is 17.8 Å². The highest BCUT2D eigenvalue weighted by molar-refractivity contribution is 5.78. The van der Waals surface area contributed by atoms with E-state index in [2.05, 4.69) is 10.6 Å². The lowest BCUT2D eigenvalue weighted by Gasteiger charge is -2.56. The first-order valence-electron chi connectivity index (χ1n) is 8.61. The molecule has 2 N–H and O–H groups in total. The summed E-state index contributed by atoms with van der Waals surface area (Å²) >= 11 is 0. The molecule has 4 aliphatic rings. The van der Waals surface area contributed by atoms with E-state index >= 15 is 0 Å². The molecule has 0 aromatic carbocycles. The lowest BCUT2D eigenvalue weighted by molar-refractivity contribution is -0.130. The molecule has 0 unspecified atom stereocenters. The molecule has 4 saturated carbocycles. The summed E-state index contributed by atoms with van der Waals surface area (Å²) in [7, 11) is 1.49. The van der Waals surface area contributed by atoms with E-state index < -0.39 is 0 Å². The van der Waals surface area contributed by atoms with Gasteiger partial charge in [0.05, 0.1) is 0 Å². The van der Waals surface area contributed by atoms with Crippen molar-refractivity contribution in [3.63, 3.8) is 0 Å². The molecule has 0 spiro atoms. The van der Waals surface area contributed by atoms with E-state index in [9.17, 15) is 9.59 Å². The highest BCUT2D eigenvalue weighted by Gasteiger charge is 2.51. The van der Waals surface area contributed by atoms with Crippen LogP contribution in [0.4, 0.5) is 0 Å². The van der Waals surface area contributed by atoms with Crippen LogP contribution in [0.2, 0.25) is 0 Å². The molecule has 0 heterocycles. The highest BCUT2D eigenvalue weighted by atomic mass is 16.5. The summed E-state index contributed by atoms with van der Waals surface area (Å²) in [5.41, 5.74) is 0.290. The van der Waals surface area contributed by atoms with Gasteiger partial charge < -0.3 is 15.4 Å². The van der Waals surface area contributed by atoms with Gasteiger partial charge in [-0.15, -0.1) is 0 Å². The van der Waals surface area contributed by atoms with Crippen LogP contribution in [0.1, 0.15) is 44.9 Å². The second-order valence-electron chi connectivity index (χ2n) is 7.73. The van der Waals surface area contributed by atoms with Gasteiger partial charge in [0.2, 0.25) is 11.8 Å². The molecule has 2 amide bonds. The third-order valence-electron chi connectivity index (χ3n) is 5.75. The third-order valence-corrected chi connectivity index (χ3v) is 5.75. The zero-order valence-electron chi connectivity index (χ0n) is 13.5. The van der Waals surface area contributed by atoms with E-state index in [1.165, 1.54) is 45.6 Å². The molecule has 22 heavy (non-hydrogen) atoms. The molecule has 5 nitrogen and oxygen atoms in total. The standard InChI is InChI=1S/C17H28N2O3/c1-22-11-16(21)19-3-2-18-15(20)10-17-7-12-4-13(8-17)6-14(5-12)9-17/h12-14H,2-11H2,1H3,(H,18,20)(H,19,21). The van der Waals surface area contributed by atoms with Gasteiger partial charge in [0.25, 0.3) is 0 Å². The zero-order chi connectivity index (χ0) is 15.6. The maximum atomic E-state index is 12.2. The quantitative estimate of drug-likeness (QED) is 0.700. The van der Waals surface area contributed by atoms with Crippen LogP contribution in [-0.4, -0.2) is 38.6 Å². The van der Waals surface area contributed by atoms with Gasteiger partial charge >= 0.3 is 0 Å². The molecule has 4 aliphatic carbocycles. The first-order chi connectivity index (χ1) is 10.6. The molecular formula is C17H28N2O3. The topological polar surface area (TPSA) is 67.4 Å². The average Bonchev–Trinajstić information content (AvgIpc) is 2.42. The van der Waals surface area contributed by atoms with Crippen molar-refractivity contribution in [2.45, 2.75) is 44.9 Å². The fraction of sp³-hybridized carbons (Fsp3) is 0.882. The van der Waals surface area contributed by atoms with Crippen LogP contribution in [0.15, 0.2) is 0 Å². The Morgan fingerprint density at radius 1 is 0.955 bits per heavy atom. The van der Waals surface area contributed by atoms with Crippen molar-refractivity contribution in [1.82, 2.24) is 10.6 Å². The number of nitrogens with one attached hydrogen (secondary N) is 2. The van der Waals surface area contributed by atoms with Gasteiger partial charge in [-0.2, -0.15) is 0 Å². The van der Waals surface area contributed by atoms with Gasteiger partial charge in [-0.25, -0.2) is 0 Å². The smallest absolute Gasteiger partial charge is 0.246 e. The normalized spacial score (nSPS) is 35.4. The van der Waals surface area contributed by atoms with Gasteiger partial charge in [0.15, 0.2) is 0 Å². The molecule has 4 rings (SSSR count). The molecule has 0 aliphatic heterocycles.